The van der Waals surface area contributed by atoms with Crippen molar-refractivity contribution in [2.45, 2.75) is 57.9 Å². The highest BCUT2D eigenvalue weighted by Crippen LogP contribution is 2.40. The van der Waals surface area contributed by atoms with Crippen LogP contribution in [-0.2, 0) is 12.8 Å². The van der Waals surface area contributed by atoms with E-state index in [-0.39, 0.29) is 0 Å². The first-order valence-corrected chi connectivity index (χ1v) is 7.61. The molecule has 1 aromatic rings. The first-order valence-electron chi connectivity index (χ1n) is 7.61. The fraction of sp³-hybridized carbons (Fsp3) is 0.647. The molecule has 0 unspecified atom stereocenters. The van der Waals surface area contributed by atoms with Gasteiger partial charge in [0.25, 0.3) is 0 Å². The molecule has 0 aromatic heterocycles. The summed E-state index contributed by atoms with van der Waals surface area (Å²) in [6, 6.07) is 9.62. The molecule has 18 heavy (non-hydrogen) atoms. The topological polar surface area (TPSA) is 12.0 Å². The van der Waals surface area contributed by atoms with E-state index in [1.807, 2.05) is 0 Å². The SMILES string of the molecule is CCC1(CNC2Cc3ccccc3C2)CCCC1. The Bertz CT molecular complexity index is 379. The minimum Gasteiger partial charge on any atom is -0.313 e. The molecule has 0 heterocycles. The highest BCUT2D eigenvalue weighted by molar-refractivity contribution is 5.33. The van der Waals surface area contributed by atoms with Gasteiger partial charge in [-0.15, -0.1) is 0 Å². The summed E-state index contributed by atoms with van der Waals surface area (Å²) in [6.45, 7) is 3.61. The van der Waals surface area contributed by atoms with Crippen molar-refractivity contribution in [1.82, 2.24) is 5.32 Å². The maximum Gasteiger partial charge on any atom is 0.0148 e. The summed E-state index contributed by atoms with van der Waals surface area (Å²) >= 11 is 0. The van der Waals surface area contributed by atoms with Crippen LogP contribution in [0, 0.1) is 5.41 Å². The summed E-state index contributed by atoms with van der Waals surface area (Å²) in [5.74, 6) is 0. The number of nitrogens with one attached hydrogen (secondary N) is 1. The lowest BCUT2D eigenvalue weighted by Gasteiger charge is -2.29. The lowest BCUT2D eigenvalue weighted by atomic mass is 9.83. The summed E-state index contributed by atoms with van der Waals surface area (Å²) in [6.07, 6.45) is 9.58. The first-order chi connectivity index (χ1) is 8.81. The normalized spacial score (nSPS) is 22.3. The van der Waals surface area contributed by atoms with E-state index in [2.05, 4.69) is 36.5 Å². The third kappa shape index (κ3) is 2.33. The zero-order chi connectivity index (χ0) is 12.4. The van der Waals surface area contributed by atoms with E-state index in [0.717, 1.165) is 0 Å². The fourth-order valence-corrected chi connectivity index (χ4v) is 3.84. The van der Waals surface area contributed by atoms with Gasteiger partial charge in [-0.05, 0) is 48.6 Å². The second kappa shape index (κ2) is 5.05. The number of hydrogen-bond donors (Lipinski definition) is 1. The maximum absolute atomic E-state index is 3.86. The third-order valence-corrected chi connectivity index (χ3v) is 5.23. The first kappa shape index (κ1) is 12.2. The Morgan fingerprint density at radius 3 is 2.28 bits per heavy atom. The van der Waals surface area contributed by atoms with E-state index < -0.39 is 0 Å². The van der Waals surface area contributed by atoms with Crippen LogP contribution in [0.3, 0.4) is 0 Å². The van der Waals surface area contributed by atoms with E-state index >= 15 is 0 Å². The Hall–Kier alpha value is -0.820. The predicted molar refractivity (Wildman–Crippen MR) is 76.8 cm³/mol. The third-order valence-electron chi connectivity index (χ3n) is 5.23. The van der Waals surface area contributed by atoms with Gasteiger partial charge in [-0.1, -0.05) is 44.0 Å². The summed E-state index contributed by atoms with van der Waals surface area (Å²) in [7, 11) is 0. The molecule has 0 aliphatic heterocycles. The minimum atomic E-state index is 0.620. The summed E-state index contributed by atoms with van der Waals surface area (Å²) < 4.78 is 0. The van der Waals surface area contributed by atoms with Gasteiger partial charge in [-0.3, -0.25) is 0 Å². The van der Waals surface area contributed by atoms with Gasteiger partial charge in [0.15, 0.2) is 0 Å². The Balaban J connectivity index is 1.57. The molecule has 1 heteroatoms. The molecule has 98 valence electrons. The van der Waals surface area contributed by atoms with Crippen LogP contribution in [0.4, 0.5) is 0 Å². The van der Waals surface area contributed by atoms with Gasteiger partial charge in [-0.25, -0.2) is 0 Å². The molecular weight excluding hydrogens is 218 g/mol. The van der Waals surface area contributed by atoms with E-state index in [0.29, 0.717) is 11.5 Å². The van der Waals surface area contributed by atoms with Crippen molar-refractivity contribution in [2.24, 2.45) is 5.41 Å². The van der Waals surface area contributed by atoms with Crippen LogP contribution in [0.1, 0.15) is 50.2 Å². The van der Waals surface area contributed by atoms with E-state index in [1.54, 1.807) is 11.1 Å². The zero-order valence-corrected chi connectivity index (χ0v) is 11.5. The molecule has 1 N–H and O–H groups in total. The molecule has 0 amide bonds. The molecular formula is C17H25N. The van der Waals surface area contributed by atoms with Crippen LogP contribution < -0.4 is 5.32 Å². The number of benzene rings is 1. The fourth-order valence-electron chi connectivity index (χ4n) is 3.84. The van der Waals surface area contributed by atoms with Crippen LogP contribution in [0.25, 0.3) is 0 Å². The quantitative estimate of drug-likeness (QED) is 0.850. The van der Waals surface area contributed by atoms with Crippen molar-refractivity contribution in [2.75, 3.05) is 6.54 Å². The zero-order valence-electron chi connectivity index (χ0n) is 11.5. The van der Waals surface area contributed by atoms with E-state index in [1.165, 1.54) is 51.5 Å². The Morgan fingerprint density at radius 2 is 1.72 bits per heavy atom. The van der Waals surface area contributed by atoms with Crippen LogP contribution in [0.2, 0.25) is 0 Å². The van der Waals surface area contributed by atoms with Gasteiger partial charge >= 0.3 is 0 Å². The van der Waals surface area contributed by atoms with Crippen LogP contribution >= 0.6 is 0 Å². The molecule has 0 atom stereocenters. The number of hydrogen-bond acceptors (Lipinski definition) is 1. The average molecular weight is 243 g/mol. The molecule has 1 aromatic carbocycles. The molecule has 0 saturated heterocycles. The average Bonchev–Trinajstić information content (AvgIpc) is 3.03. The van der Waals surface area contributed by atoms with Gasteiger partial charge in [0.2, 0.25) is 0 Å². The second-order valence-electron chi connectivity index (χ2n) is 6.32. The van der Waals surface area contributed by atoms with Crippen molar-refractivity contribution in [3.05, 3.63) is 35.4 Å². The largest absolute Gasteiger partial charge is 0.313 e. The van der Waals surface area contributed by atoms with Crippen LogP contribution in [0.15, 0.2) is 24.3 Å². The summed E-state index contributed by atoms with van der Waals surface area (Å²) in [5, 5.41) is 3.86. The highest BCUT2D eigenvalue weighted by Gasteiger charge is 2.32. The molecule has 2 aliphatic carbocycles. The van der Waals surface area contributed by atoms with Crippen molar-refractivity contribution < 1.29 is 0 Å². The highest BCUT2D eigenvalue weighted by atomic mass is 14.9. The Morgan fingerprint density at radius 1 is 1.11 bits per heavy atom. The molecule has 1 saturated carbocycles. The molecule has 3 rings (SSSR count). The van der Waals surface area contributed by atoms with Gasteiger partial charge < -0.3 is 5.32 Å². The summed E-state index contributed by atoms with van der Waals surface area (Å²) in [5.41, 5.74) is 3.74. The van der Waals surface area contributed by atoms with Gasteiger partial charge in [0.05, 0.1) is 0 Å². The molecule has 0 bridgehead atoms. The Kier molecular flexibility index (Phi) is 3.43. The Labute approximate surface area is 111 Å². The minimum absolute atomic E-state index is 0.620. The predicted octanol–water partition coefficient (Wildman–Crippen LogP) is 3.71. The monoisotopic (exact) mass is 243 g/mol. The maximum atomic E-state index is 3.86. The molecule has 2 aliphatic rings. The standard InChI is InChI=1S/C17H25N/c1-2-17(9-5-6-10-17)13-18-16-11-14-7-3-4-8-15(14)12-16/h3-4,7-8,16,18H,2,5-6,9-13H2,1H3. The molecule has 1 fully saturated rings. The van der Waals surface area contributed by atoms with Gasteiger partial charge in [0.1, 0.15) is 0 Å². The van der Waals surface area contributed by atoms with Crippen LogP contribution in [-0.4, -0.2) is 12.6 Å². The molecule has 1 nitrogen and oxygen atoms in total. The molecule has 0 spiro atoms. The number of fused-ring (bicyclic) bond motifs is 1. The lowest BCUT2D eigenvalue weighted by Crippen LogP contribution is -2.38. The lowest BCUT2D eigenvalue weighted by molar-refractivity contribution is 0.256. The van der Waals surface area contributed by atoms with Crippen LogP contribution in [0.5, 0.6) is 0 Å². The van der Waals surface area contributed by atoms with Crippen molar-refractivity contribution in [3.8, 4) is 0 Å². The second-order valence-corrected chi connectivity index (χ2v) is 6.32. The summed E-state index contributed by atoms with van der Waals surface area (Å²) in [4.78, 5) is 0. The number of rotatable bonds is 4. The van der Waals surface area contributed by atoms with Gasteiger partial charge in [0, 0.05) is 12.6 Å². The van der Waals surface area contributed by atoms with Gasteiger partial charge in [-0.2, -0.15) is 0 Å². The van der Waals surface area contributed by atoms with Crippen molar-refractivity contribution >= 4 is 0 Å². The smallest absolute Gasteiger partial charge is 0.0148 e. The van der Waals surface area contributed by atoms with E-state index in [4.69, 9.17) is 0 Å². The van der Waals surface area contributed by atoms with Crippen molar-refractivity contribution in [3.63, 3.8) is 0 Å². The van der Waals surface area contributed by atoms with Crippen molar-refractivity contribution in [1.29, 1.82) is 0 Å². The molecule has 0 radical (unpaired) electrons. The van der Waals surface area contributed by atoms with E-state index in [9.17, 15) is 0 Å².